The van der Waals surface area contributed by atoms with E-state index in [-0.39, 0.29) is 5.56 Å². The zero-order chi connectivity index (χ0) is 18.3. The number of methoxy groups -OCH3 is 1. The lowest BCUT2D eigenvalue weighted by molar-refractivity contribution is -0.125. The molecule has 0 atom stereocenters. The zero-order valence-electron chi connectivity index (χ0n) is 14.5. The third-order valence-corrected chi connectivity index (χ3v) is 4.08. The first-order valence-corrected chi connectivity index (χ1v) is 8.24. The van der Waals surface area contributed by atoms with Gasteiger partial charge in [0.1, 0.15) is 5.54 Å². The molecule has 0 aliphatic heterocycles. The fourth-order valence-corrected chi connectivity index (χ4v) is 2.83. The van der Waals surface area contributed by atoms with Gasteiger partial charge in [0.05, 0.1) is 25.3 Å². The average Bonchev–Trinajstić information content (AvgIpc) is 3.09. The number of amides is 1. The van der Waals surface area contributed by atoms with Gasteiger partial charge >= 0.3 is 5.97 Å². The molecule has 0 bridgehead atoms. The number of rotatable bonds is 7. The lowest BCUT2D eigenvalue weighted by Gasteiger charge is -2.21. The van der Waals surface area contributed by atoms with Crippen molar-refractivity contribution >= 4 is 11.9 Å². The predicted octanol–water partition coefficient (Wildman–Crippen LogP) is 2.20. The quantitative estimate of drug-likeness (QED) is 0.760. The number of ether oxygens (including phenoxy) is 3. The highest BCUT2D eigenvalue weighted by Gasteiger charge is 2.35. The van der Waals surface area contributed by atoms with Crippen LogP contribution >= 0.6 is 0 Å². The van der Waals surface area contributed by atoms with Gasteiger partial charge in [0, 0.05) is 0 Å². The van der Waals surface area contributed by atoms with Crippen molar-refractivity contribution in [3.63, 3.8) is 0 Å². The molecule has 1 aliphatic rings. The van der Waals surface area contributed by atoms with Crippen LogP contribution in [0.4, 0.5) is 0 Å². The van der Waals surface area contributed by atoms with Crippen molar-refractivity contribution in [1.82, 2.24) is 5.32 Å². The minimum atomic E-state index is -0.828. The van der Waals surface area contributed by atoms with Gasteiger partial charge in [-0.05, 0) is 50.8 Å². The summed E-state index contributed by atoms with van der Waals surface area (Å²) in [5, 5.41) is 11.9. The van der Waals surface area contributed by atoms with Crippen LogP contribution in [0.3, 0.4) is 0 Å². The van der Waals surface area contributed by atoms with Gasteiger partial charge in [-0.25, -0.2) is 4.79 Å². The SMILES string of the molecule is CCOc1ccc(C(=O)OCC(=O)NC2(C#N)CCCC2)cc1OC. The van der Waals surface area contributed by atoms with E-state index in [1.54, 1.807) is 12.1 Å². The van der Waals surface area contributed by atoms with E-state index in [9.17, 15) is 14.9 Å². The smallest absolute Gasteiger partial charge is 0.338 e. The third-order valence-electron chi connectivity index (χ3n) is 4.08. The molecule has 0 radical (unpaired) electrons. The monoisotopic (exact) mass is 346 g/mol. The van der Waals surface area contributed by atoms with E-state index in [2.05, 4.69) is 11.4 Å². The van der Waals surface area contributed by atoms with E-state index in [1.807, 2.05) is 6.92 Å². The summed E-state index contributed by atoms with van der Waals surface area (Å²) in [6.45, 7) is 1.89. The van der Waals surface area contributed by atoms with Crippen molar-refractivity contribution in [2.24, 2.45) is 0 Å². The van der Waals surface area contributed by atoms with Crippen LogP contribution in [0.5, 0.6) is 11.5 Å². The van der Waals surface area contributed by atoms with E-state index in [4.69, 9.17) is 14.2 Å². The standard InChI is InChI=1S/C18H22N2O5/c1-3-24-14-7-6-13(10-15(14)23-2)17(22)25-11-16(21)20-18(12-19)8-4-5-9-18/h6-7,10H,3-5,8-9,11H2,1-2H3,(H,20,21). The van der Waals surface area contributed by atoms with Crippen molar-refractivity contribution in [2.45, 2.75) is 38.1 Å². The number of hydrogen-bond donors (Lipinski definition) is 1. The fourth-order valence-electron chi connectivity index (χ4n) is 2.83. The second kappa shape index (κ2) is 8.38. The molecule has 7 nitrogen and oxygen atoms in total. The van der Waals surface area contributed by atoms with E-state index < -0.39 is 24.0 Å². The lowest BCUT2D eigenvalue weighted by Crippen LogP contribution is -2.46. The number of nitrogens with zero attached hydrogens (tertiary/aromatic N) is 1. The molecular weight excluding hydrogens is 324 g/mol. The Bertz CT molecular complexity index is 675. The van der Waals surface area contributed by atoms with Crippen molar-refractivity contribution in [3.8, 4) is 17.6 Å². The van der Waals surface area contributed by atoms with Gasteiger partial charge in [-0.2, -0.15) is 5.26 Å². The lowest BCUT2D eigenvalue weighted by atomic mass is 10.00. The number of carbonyl (C=O) groups is 2. The first-order valence-electron chi connectivity index (χ1n) is 8.24. The first-order chi connectivity index (χ1) is 12.0. The van der Waals surface area contributed by atoms with Crippen molar-refractivity contribution < 1.29 is 23.8 Å². The molecule has 1 amide bonds. The Kier molecular flexibility index (Phi) is 6.23. The summed E-state index contributed by atoms with van der Waals surface area (Å²) in [5.74, 6) is -0.185. The Hall–Kier alpha value is -2.75. The highest BCUT2D eigenvalue weighted by molar-refractivity contribution is 5.92. The van der Waals surface area contributed by atoms with Gasteiger partial charge in [-0.3, -0.25) is 4.79 Å². The average molecular weight is 346 g/mol. The highest BCUT2D eigenvalue weighted by atomic mass is 16.5. The number of benzene rings is 1. The Balaban J connectivity index is 1.93. The molecular formula is C18H22N2O5. The predicted molar refractivity (Wildman–Crippen MR) is 89.4 cm³/mol. The maximum atomic E-state index is 12.1. The minimum Gasteiger partial charge on any atom is -0.493 e. The molecule has 0 aromatic heterocycles. The normalized spacial score (nSPS) is 15.1. The molecule has 134 valence electrons. The van der Waals surface area contributed by atoms with Crippen molar-refractivity contribution in [2.75, 3.05) is 20.3 Å². The molecule has 1 aromatic rings. The van der Waals surface area contributed by atoms with Crippen molar-refractivity contribution in [3.05, 3.63) is 23.8 Å². The molecule has 1 aliphatic carbocycles. The maximum absolute atomic E-state index is 12.1. The summed E-state index contributed by atoms with van der Waals surface area (Å²) in [5.41, 5.74) is -0.574. The van der Waals surface area contributed by atoms with Gasteiger partial charge in [-0.1, -0.05) is 0 Å². The number of hydrogen-bond acceptors (Lipinski definition) is 6. The van der Waals surface area contributed by atoms with Crippen LogP contribution in [-0.2, 0) is 9.53 Å². The first kappa shape index (κ1) is 18.6. The van der Waals surface area contributed by atoms with Crippen LogP contribution in [0.2, 0.25) is 0 Å². The van der Waals surface area contributed by atoms with Crippen LogP contribution < -0.4 is 14.8 Å². The minimum absolute atomic E-state index is 0.254. The molecule has 1 N–H and O–H groups in total. The molecule has 1 fully saturated rings. The molecule has 0 saturated heterocycles. The molecule has 0 unspecified atom stereocenters. The summed E-state index contributed by atoms with van der Waals surface area (Å²) in [6.07, 6.45) is 3.05. The van der Waals surface area contributed by atoms with Gasteiger partial charge in [0.2, 0.25) is 0 Å². The summed E-state index contributed by atoms with van der Waals surface area (Å²) >= 11 is 0. The fraction of sp³-hybridized carbons (Fsp3) is 0.500. The van der Waals surface area contributed by atoms with Gasteiger partial charge in [0.25, 0.3) is 5.91 Å². The second-order valence-electron chi connectivity index (χ2n) is 5.82. The molecule has 25 heavy (non-hydrogen) atoms. The number of carbonyl (C=O) groups excluding carboxylic acids is 2. The van der Waals surface area contributed by atoms with Crippen LogP contribution in [0.25, 0.3) is 0 Å². The van der Waals surface area contributed by atoms with E-state index in [1.165, 1.54) is 13.2 Å². The second-order valence-corrected chi connectivity index (χ2v) is 5.82. The zero-order valence-corrected chi connectivity index (χ0v) is 14.5. The topological polar surface area (TPSA) is 97.6 Å². The number of nitriles is 1. The molecule has 0 heterocycles. The molecule has 2 rings (SSSR count). The molecule has 1 aromatic carbocycles. The van der Waals surface area contributed by atoms with Crippen LogP contribution in [-0.4, -0.2) is 37.7 Å². The number of nitrogens with one attached hydrogen (secondary N) is 1. The van der Waals surface area contributed by atoms with Crippen LogP contribution in [0.15, 0.2) is 18.2 Å². The van der Waals surface area contributed by atoms with Crippen LogP contribution in [0.1, 0.15) is 43.0 Å². The van der Waals surface area contributed by atoms with Gasteiger partial charge in [0.15, 0.2) is 18.1 Å². The summed E-state index contributed by atoms with van der Waals surface area (Å²) in [6, 6.07) is 6.81. The van der Waals surface area contributed by atoms with Crippen molar-refractivity contribution in [1.29, 1.82) is 5.26 Å². The van der Waals surface area contributed by atoms with Crippen LogP contribution in [0, 0.1) is 11.3 Å². The largest absolute Gasteiger partial charge is 0.493 e. The molecule has 7 heteroatoms. The molecule has 1 saturated carbocycles. The summed E-state index contributed by atoms with van der Waals surface area (Å²) in [4.78, 5) is 24.1. The summed E-state index contributed by atoms with van der Waals surface area (Å²) < 4.78 is 15.6. The van der Waals surface area contributed by atoms with Gasteiger partial charge < -0.3 is 19.5 Å². The highest BCUT2D eigenvalue weighted by Crippen LogP contribution is 2.29. The van der Waals surface area contributed by atoms with E-state index in [0.29, 0.717) is 30.9 Å². The Morgan fingerprint density at radius 3 is 2.60 bits per heavy atom. The number of esters is 1. The Morgan fingerprint density at radius 2 is 2.00 bits per heavy atom. The molecule has 0 spiro atoms. The van der Waals surface area contributed by atoms with E-state index >= 15 is 0 Å². The maximum Gasteiger partial charge on any atom is 0.338 e. The summed E-state index contributed by atoms with van der Waals surface area (Å²) in [7, 11) is 1.48. The third kappa shape index (κ3) is 4.63. The Labute approximate surface area is 146 Å². The Morgan fingerprint density at radius 1 is 1.28 bits per heavy atom. The van der Waals surface area contributed by atoms with Gasteiger partial charge in [-0.15, -0.1) is 0 Å². The van der Waals surface area contributed by atoms with E-state index in [0.717, 1.165) is 12.8 Å².